The van der Waals surface area contributed by atoms with Crippen molar-refractivity contribution in [3.8, 4) is 11.5 Å². The van der Waals surface area contributed by atoms with E-state index in [-0.39, 0.29) is 24.9 Å². The Labute approximate surface area is 148 Å². The molecule has 0 bridgehead atoms. The van der Waals surface area contributed by atoms with Crippen molar-refractivity contribution in [2.45, 2.75) is 25.7 Å². The van der Waals surface area contributed by atoms with Gasteiger partial charge in [-0.1, -0.05) is 6.07 Å². The predicted octanol–water partition coefficient (Wildman–Crippen LogP) is 2.34. The fraction of sp³-hybridized carbons (Fsp3) is 0.529. The van der Waals surface area contributed by atoms with Crippen LogP contribution >= 0.6 is 12.4 Å². The summed E-state index contributed by atoms with van der Waals surface area (Å²) in [5.41, 5.74) is 0.0337. The summed E-state index contributed by atoms with van der Waals surface area (Å²) in [6.45, 7) is 4.42. The van der Waals surface area contributed by atoms with Gasteiger partial charge in [0.05, 0.1) is 25.6 Å². The lowest BCUT2D eigenvalue weighted by Gasteiger charge is -2.30. The van der Waals surface area contributed by atoms with Gasteiger partial charge < -0.3 is 19.5 Å². The number of methoxy groups -OCH3 is 2. The number of hydrogen-bond donors (Lipinski definition) is 1. The molecule has 0 aromatic heterocycles. The van der Waals surface area contributed by atoms with Crippen molar-refractivity contribution >= 4 is 24.3 Å². The molecule has 1 heterocycles. The molecule has 7 heteroatoms. The molecule has 1 aromatic rings. The van der Waals surface area contributed by atoms with E-state index < -0.39 is 17.3 Å². The van der Waals surface area contributed by atoms with Crippen LogP contribution in [-0.4, -0.2) is 49.2 Å². The van der Waals surface area contributed by atoms with Crippen LogP contribution in [0, 0.1) is 5.92 Å². The Hall–Kier alpha value is -1.95. The number of carbonyl (C=O) groups excluding carboxylic acids is 1. The van der Waals surface area contributed by atoms with Gasteiger partial charge in [-0.3, -0.25) is 9.59 Å². The number of carboxylic acid groups (broad SMARTS) is 1. The summed E-state index contributed by atoms with van der Waals surface area (Å²) in [4.78, 5) is 25.6. The number of amides is 1. The van der Waals surface area contributed by atoms with E-state index in [0.717, 1.165) is 5.56 Å². The first-order chi connectivity index (χ1) is 10.8. The van der Waals surface area contributed by atoms with Gasteiger partial charge in [-0.2, -0.15) is 0 Å². The Balaban J connectivity index is 0.00000288. The number of carbonyl (C=O) groups is 2. The Bertz CT molecular complexity index is 617. The summed E-state index contributed by atoms with van der Waals surface area (Å²) in [5, 5.41) is 9.09. The molecule has 0 saturated carbocycles. The van der Waals surface area contributed by atoms with Crippen molar-refractivity contribution in [3.63, 3.8) is 0 Å². The Kier molecular flexibility index (Phi) is 6.49. The van der Waals surface area contributed by atoms with Crippen LogP contribution < -0.4 is 9.47 Å². The number of ether oxygens (including phenoxy) is 2. The van der Waals surface area contributed by atoms with Crippen LogP contribution in [-0.2, 0) is 15.0 Å². The molecule has 134 valence electrons. The number of hydrogen-bond acceptors (Lipinski definition) is 4. The number of likely N-dealkylation sites (tertiary alicyclic amines) is 1. The zero-order valence-electron chi connectivity index (χ0n) is 14.4. The summed E-state index contributed by atoms with van der Waals surface area (Å²) in [7, 11) is 3.11. The molecule has 1 aliphatic rings. The fourth-order valence-corrected chi connectivity index (χ4v) is 2.89. The zero-order chi connectivity index (χ0) is 17.2. The van der Waals surface area contributed by atoms with Gasteiger partial charge in [-0.15, -0.1) is 12.4 Å². The molecule has 1 aliphatic heterocycles. The van der Waals surface area contributed by atoms with Crippen LogP contribution in [0.15, 0.2) is 18.2 Å². The van der Waals surface area contributed by atoms with Crippen molar-refractivity contribution in [2.24, 2.45) is 5.92 Å². The summed E-state index contributed by atoms with van der Waals surface area (Å²) < 4.78 is 10.5. The average Bonchev–Trinajstić information content (AvgIpc) is 3.03. The Morgan fingerprint density at radius 2 is 1.83 bits per heavy atom. The Morgan fingerprint density at radius 1 is 1.21 bits per heavy atom. The average molecular weight is 358 g/mol. The largest absolute Gasteiger partial charge is 0.493 e. The summed E-state index contributed by atoms with van der Waals surface area (Å²) in [5.74, 6) is -0.222. The van der Waals surface area contributed by atoms with Gasteiger partial charge >= 0.3 is 5.97 Å². The van der Waals surface area contributed by atoms with E-state index in [1.165, 1.54) is 0 Å². The smallest absolute Gasteiger partial charge is 0.308 e. The third kappa shape index (κ3) is 3.75. The molecule has 0 radical (unpaired) electrons. The number of aliphatic carboxylic acids is 1. The standard InChI is InChI=1S/C17H23NO5.ClH/c1-17(2,12-5-6-13(22-3)14(9-12)23-4)16(21)18-8-7-11(10-18)15(19)20;/h5-6,9,11H,7-8,10H2,1-4H3,(H,19,20);1H. The lowest BCUT2D eigenvalue weighted by atomic mass is 9.83. The van der Waals surface area contributed by atoms with Crippen LogP contribution in [0.2, 0.25) is 0 Å². The third-order valence-electron chi connectivity index (χ3n) is 4.46. The van der Waals surface area contributed by atoms with E-state index in [2.05, 4.69) is 0 Å². The normalized spacial score (nSPS) is 17.2. The monoisotopic (exact) mass is 357 g/mol. The highest BCUT2D eigenvalue weighted by Crippen LogP contribution is 2.35. The lowest BCUT2D eigenvalue weighted by Crippen LogP contribution is -2.42. The first-order valence-corrected chi connectivity index (χ1v) is 7.56. The van der Waals surface area contributed by atoms with E-state index >= 15 is 0 Å². The maximum Gasteiger partial charge on any atom is 0.308 e. The first kappa shape index (κ1) is 20.1. The molecule has 0 spiro atoms. The number of nitrogens with zero attached hydrogens (tertiary/aromatic N) is 1. The van der Waals surface area contributed by atoms with Gasteiger partial charge in [0.1, 0.15) is 0 Å². The molecule has 2 rings (SSSR count). The van der Waals surface area contributed by atoms with Crippen molar-refractivity contribution < 1.29 is 24.2 Å². The third-order valence-corrected chi connectivity index (χ3v) is 4.46. The molecule has 1 unspecified atom stereocenters. The first-order valence-electron chi connectivity index (χ1n) is 7.56. The summed E-state index contributed by atoms with van der Waals surface area (Å²) in [6.07, 6.45) is 0.503. The van der Waals surface area contributed by atoms with E-state index in [1.54, 1.807) is 31.3 Å². The van der Waals surface area contributed by atoms with E-state index in [1.807, 2.05) is 19.9 Å². The fourth-order valence-electron chi connectivity index (χ4n) is 2.89. The quantitative estimate of drug-likeness (QED) is 0.875. The highest BCUT2D eigenvalue weighted by molar-refractivity contribution is 5.88. The SMILES string of the molecule is COc1ccc(C(C)(C)C(=O)N2CCC(C(=O)O)C2)cc1OC.Cl. The molecular weight excluding hydrogens is 334 g/mol. The molecule has 1 N–H and O–H groups in total. The molecular formula is C17H24ClNO5. The number of benzene rings is 1. The van der Waals surface area contributed by atoms with Gasteiger partial charge in [-0.25, -0.2) is 0 Å². The van der Waals surface area contributed by atoms with Crippen molar-refractivity contribution in [1.29, 1.82) is 0 Å². The maximum absolute atomic E-state index is 12.9. The molecule has 1 aromatic carbocycles. The van der Waals surface area contributed by atoms with Crippen molar-refractivity contribution in [2.75, 3.05) is 27.3 Å². The lowest BCUT2D eigenvalue weighted by molar-refractivity contribution is -0.141. The molecule has 1 saturated heterocycles. The minimum atomic E-state index is -0.843. The zero-order valence-corrected chi connectivity index (χ0v) is 15.2. The van der Waals surface area contributed by atoms with E-state index in [0.29, 0.717) is 24.5 Å². The second kappa shape index (κ2) is 7.75. The van der Waals surface area contributed by atoms with Gasteiger partial charge in [-0.05, 0) is 38.0 Å². The van der Waals surface area contributed by atoms with Crippen LogP contribution in [0.3, 0.4) is 0 Å². The molecule has 24 heavy (non-hydrogen) atoms. The second-order valence-corrected chi connectivity index (χ2v) is 6.27. The number of carboxylic acids is 1. The van der Waals surface area contributed by atoms with E-state index in [4.69, 9.17) is 14.6 Å². The predicted molar refractivity (Wildman–Crippen MR) is 92.1 cm³/mol. The van der Waals surface area contributed by atoms with Gasteiger partial charge in [0.25, 0.3) is 0 Å². The summed E-state index contributed by atoms with van der Waals surface area (Å²) >= 11 is 0. The highest BCUT2D eigenvalue weighted by Gasteiger charge is 2.39. The van der Waals surface area contributed by atoms with Crippen molar-refractivity contribution in [3.05, 3.63) is 23.8 Å². The Morgan fingerprint density at radius 3 is 2.33 bits per heavy atom. The molecule has 6 nitrogen and oxygen atoms in total. The van der Waals surface area contributed by atoms with Crippen LogP contribution in [0.4, 0.5) is 0 Å². The number of rotatable bonds is 5. The van der Waals surface area contributed by atoms with Gasteiger partial charge in [0, 0.05) is 13.1 Å². The minimum absolute atomic E-state index is 0. The van der Waals surface area contributed by atoms with Crippen LogP contribution in [0.5, 0.6) is 11.5 Å². The van der Waals surface area contributed by atoms with Crippen molar-refractivity contribution in [1.82, 2.24) is 4.90 Å². The van der Waals surface area contributed by atoms with Gasteiger partial charge in [0.15, 0.2) is 11.5 Å². The molecule has 1 atom stereocenters. The second-order valence-electron chi connectivity index (χ2n) is 6.27. The number of halogens is 1. The van der Waals surface area contributed by atoms with Crippen LogP contribution in [0.1, 0.15) is 25.8 Å². The summed E-state index contributed by atoms with van der Waals surface area (Å²) in [6, 6.07) is 5.40. The minimum Gasteiger partial charge on any atom is -0.493 e. The maximum atomic E-state index is 12.9. The molecule has 0 aliphatic carbocycles. The van der Waals surface area contributed by atoms with Crippen LogP contribution in [0.25, 0.3) is 0 Å². The van der Waals surface area contributed by atoms with E-state index in [9.17, 15) is 9.59 Å². The highest BCUT2D eigenvalue weighted by atomic mass is 35.5. The molecule has 1 amide bonds. The van der Waals surface area contributed by atoms with Gasteiger partial charge in [0.2, 0.25) is 5.91 Å². The topological polar surface area (TPSA) is 76.1 Å². The molecule has 1 fully saturated rings.